The molecule has 0 heterocycles. The number of sulfonamides is 1. The number of carbonyl (C=O) groups is 2. The molecule has 1 aliphatic carbocycles. The third-order valence-corrected chi connectivity index (χ3v) is 10.5. The molecule has 1 saturated carbocycles. The Morgan fingerprint density at radius 3 is 2.18 bits per heavy atom. The van der Waals surface area contributed by atoms with Crippen LogP contribution >= 0.6 is 34.8 Å². The molecular formula is C32H36Cl3N3O6S. The predicted octanol–water partition coefficient (Wildman–Crippen LogP) is 6.73. The molecule has 0 radical (unpaired) electrons. The maximum absolute atomic E-state index is 14.3. The molecular weight excluding hydrogens is 661 g/mol. The summed E-state index contributed by atoms with van der Waals surface area (Å²) in [6.07, 6.45) is 4.10. The molecule has 13 heteroatoms. The average Bonchev–Trinajstić information content (AvgIpc) is 3.54. The quantitative estimate of drug-likeness (QED) is 0.213. The zero-order valence-corrected chi connectivity index (χ0v) is 28.3. The van der Waals surface area contributed by atoms with Crippen LogP contribution in [0.4, 0.5) is 5.69 Å². The van der Waals surface area contributed by atoms with Crippen molar-refractivity contribution in [1.82, 2.24) is 10.2 Å². The molecule has 3 aromatic rings. The van der Waals surface area contributed by atoms with Gasteiger partial charge in [-0.3, -0.25) is 13.9 Å². The molecule has 0 saturated heterocycles. The largest absolute Gasteiger partial charge is 0.493 e. The molecule has 0 spiro atoms. The molecule has 2 amide bonds. The van der Waals surface area contributed by atoms with Crippen molar-refractivity contribution in [1.29, 1.82) is 0 Å². The van der Waals surface area contributed by atoms with Gasteiger partial charge in [0.15, 0.2) is 11.5 Å². The van der Waals surface area contributed by atoms with Crippen LogP contribution in [0.2, 0.25) is 15.1 Å². The second-order valence-electron chi connectivity index (χ2n) is 10.7. The fraction of sp³-hybridized carbons (Fsp3) is 0.375. The molecule has 1 atom stereocenters. The van der Waals surface area contributed by atoms with Crippen LogP contribution in [-0.2, 0) is 26.2 Å². The molecule has 3 aromatic carbocycles. The Morgan fingerprint density at radius 2 is 1.58 bits per heavy atom. The van der Waals surface area contributed by atoms with Crippen molar-refractivity contribution >= 4 is 62.3 Å². The third-order valence-electron chi connectivity index (χ3n) is 7.76. The van der Waals surface area contributed by atoms with Crippen LogP contribution < -0.4 is 19.1 Å². The van der Waals surface area contributed by atoms with Crippen LogP contribution in [0.25, 0.3) is 0 Å². The zero-order chi connectivity index (χ0) is 32.7. The van der Waals surface area contributed by atoms with Gasteiger partial charge >= 0.3 is 0 Å². The highest BCUT2D eigenvalue weighted by Crippen LogP contribution is 2.33. The normalized spacial score (nSPS) is 14.1. The Morgan fingerprint density at radius 1 is 0.911 bits per heavy atom. The molecule has 45 heavy (non-hydrogen) atoms. The average molecular weight is 697 g/mol. The highest BCUT2D eigenvalue weighted by atomic mass is 35.5. The third kappa shape index (κ3) is 8.35. The Labute approximate surface area is 279 Å². The van der Waals surface area contributed by atoms with E-state index in [1.54, 1.807) is 18.2 Å². The maximum Gasteiger partial charge on any atom is 0.264 e. The monoisotopic (exact) mass is 695 g/mol. The molecule has 1 unspecified atom stereocenters. The summed E-state index contributed by atoms with van der Waals surface area (Å²) in [6, 6.07) is 14.4. The molecule has 1 fully saturated rings. The van der Waals surface area contributed by atoms with Crippen molar-refractivity contribution in [2.24, 2.45) is 0 Å². The van der Waals surface area contributed by atoms with Gasteiger partial charge in [0.2, 0.25) is 11.8 Å². The van der Waals surface area contributed by atoms with E-state index in [0.717, 1.165) is 30.0 Å². The van der Waals surface area contributed by atoms with Gasteiger partial charge in [0, 0.05) is 23.7 Å². The number of hydrogen-bond acceptors (Lipinski definition) is 6. The lowest BCUT2D eigenvalue weighted by Crippen LogP contribution is -2.53. The molecule has 9 nitrogen and oxygen atoms in total. The predicted molar refractivity (Wildman–Crippen MR) is 177 cm³/mol. The van der Waals surface area contributed by atoms with Crippen molar-refractivity contribution in [3.63, 3.8) is 0 Å². The molecule has 1 aliphatic rings. The number of rotatable bonds is 13. The van der Waals surface area contributed by atoms with Crippen LogP contribution in [0.5, 0.6) is 11.5 Å². The van der Waals surface area contributed by atoms with Gasteiger partial charge in [-0.25, -0.2) is 8.42 Å². The van der Waals surface area contributed by atoms with Crippen molar-refractivity contribution in [2.45, 2.75) is 62.6 Å². The maximum atomic E-state index is 14.3. The number of carbonyl (C=O) groups excluding carboxylic acids is 2. The number of anilines is 1. The Kier molecular flexibility index (Phi) is 11.9. The Bertz CT molecular complexity index is 1610. The van der Waals surface area contributed by atoms with E-state index in [4.69, 9.17) is 44.3 Å². The van der Waals surface area contributed by atoms with Crippen molar-refractivity contribution in [2.75, 3.05) is 25.1 Å². The van der Waals surface area contributed by atoms with Gasteiger partial charge in [-0.15, -0.1) is 0 Å². The van der Waals surface area contributed by atoms with Gasteiger partial charge in [0.1, 0.15) is 12.6 Å². The Balaban J connectivity index is 1.75. The summed E-state index contributed by atoms with van der Waals surface area (Å²) in [4.78, 5) is 29.2. The van der Waals surface area contributed by atoms with E-state index in [1.807, 2.05) is 6.92 Å². The highest BCUT2D eigenvalue weighted by Gasteiger charge is 2.35. The second kappa shape index (κ2) is 15.4. The minimum absolute atomic E-state index is 0.00280. The van der Waals surface area contributed by atoms with Crippen molar-refractivity contribution in [3.8, 4) is 11.5 Å². The zero-order valence-electron chi connectivity index (χ0n) is 25.3. The number of methoxy groups -OCH3 is 2. The van der Waals surface area contributed by atoms with Crippen LogP contribution in [0.1, 0.15) is 44.6 Å². The Hall–Kier alpha value is -3.18. The van der Waals surface area contributed by atoms with Gasteiger partial charge < -0.3 is 19.7 Å². The van der Waals surface area contributed by atoms with Crippen LogP contribution in [0, 0.1) is 0 Å². The van der Waals surface area contributed by atoms with Crippen LogP contribution in [-0.4, -0.2) is 58.0 Å². The van der Waals surface area contributed by atoms with E-state index in [2.05, 4.69) is 5.32 Å². The number of halogens is 3. The van der Waals surface area contributed by atoms with Gasteiger partial charge in [-0.05, 0) is 73.4 Å². The van der Waals surface area contributed by atoms with E-state index in [9.17, 15) is 18.0 Å². The number of benzene rings is 3. The second-order valence-corrected chi connectivity index (χ2v) is 13.8. The van der Waals surface area contributed by atoms with Crippen LogP contribution in [0.15, 0.2) is 65.6 Å². The van der Waals surface area contributed by atoms with Gasteiger partial charge in [-0.2, -0.15) is 0 Å². The SMILES string of the molecule is CCC(C(=O)NC1CCCC1)N(Cc1ccc(Cl)c(Cl)c1)C(=O)CN(c1ccc(Cl)cc1)S(=O)(=O)c1ccc(OC)c(OC)c1. The summed E-state index contributed by atoms with van der Waals surface area (Å²) < 4.78 is 40.0. The number of ether oxygens (including phenoxy) is 2. The summed E-state index contributed by atoms with van der Waals surface area (Å²) in [5.74, 6) is -0.332. The van der Waals surface area contributed by atoms with Crippen molar-refractivity contribution < 1.29 is 27.5 Å². The van der Waals surface area contributed by atoms with E-state index >= 15 is 0 Å². The van der Waals surface area contributed by atoms with Crippen molar-refractivity contribution in [3.05, 3.63) is 81.3 Å². The van der Waals surface area contributed by atoms with E-state index in [1.165, 1.54) is 61.6 Å². The van der Waals surface area contributed by atoms with E-state index in [0.29, 0.717) is 32.8 Å². The smallest absolute Gasteiger partial charge is 0.264 e. The van der Waals surface area contributed by atoms with Gasteiger partial charge in [0.25, 0.3) is 10.0 Å². The standard InChI is InChI=1S/C32H36Cl3N3O6S/c1-4-28(32(40)36-23-7-5-6-8-23)37(19-21-9-15-26(34)27(35)17-21)31(39)20-38(24-12-10-22(33)11-13-24)45(41,42)25-14-16-29(43-2)30(18-25)44-3/h9-18,23,28H,4-8,19-20H2,1-3H3,(H,36,40). The number of amides is 2. The molecule has 0 aromatic heterocycles. The first-order valence-electron chi connectivity index (χ1n) is 14.5. The lowest BCUT2D eigenvalue weighted by atomic mass is 10.1. The van der Waals surface area contributed by atoms with Gasteiger partial charge in [-0.1, -0.05) is 60.6 Å². The summed E-state index contributed by atoms with van der Waals surface area (Å²) in [5.41, 5.74) is 0.839. The number of hydrogen-bond donors (Lipinski definition) is 1. The van der Waals surface area contributed by atoms with Crippen LogP contribution in [0.3, 0.4) is 0 Å². The summed E-state index contributed by atoms with van der Waals surface area (Å²) in [5, 5.41) is 4.12. The van der Waals surface area contributed by atoms with E-state index in [-0.39, 0.29) is 34.8 Å². The van der Waals surface area contributed by atoms with E-state index < -0.39 is 28.5 Å². The molecule has 0 aliphatic heterocycles. The minimum atomic E-state index is -4.34. The molecule has 0 bridgehead atoms. The fourth-order valence-electron chi connectivity index (χ4n) is 5.36. The first-order chi connectivity index (χ1) is 21.5. The first-order valence-corrected chi connectivity index (χ1v) is 17.1. The summed E-state index contributed by atoms with van der Waals surface area (Å²) in [6.45, 7) is 1.20. The molecule has 242 valence electrons. The number of nitrogens with zero attached hydrogens (tertiary/aromatic N) is 2. The van der Waals surface area contributed by atoms with Gasteiger partial charge in [0.05, 0.1) is 34.8 Å². The minimum Gasteiger partial charge on any atom is -0.493 e. The summed E-state index contributed by atoms with van der Waals surface area (Å²) in [7, 11) is -1.50. The fourth-order valence-corrected chi connectivity index (χ4v) is 7.24. The lowest BCUT2D eigenvalue weighted by molar-refractivity contribution is -0.140. The topological polar surface area (TPSA) is 105 Å². The first kappa shape index (κ1) is 34.7. The summed E-state index contributed by atoms with van der Waals surface area (Å²) >= 11 is 18.5. The molecule has 1 N–H and O–H groups in total. The number of nitrogens with one attached hydrogen (secondary N) is 1. The molecule has 4 rings (SSSR count). The highest BCUT2D eigenvalue weighted by molar-refractivity contribution is 7.92. The lowest BCUT2D eigenvalue weighted by Gasteiger charge is -2.34.